The maximum absolute atomic E-state index is 13.1. The molecule has 0 atom stereocenters. The monoisotopic (exact) mass is 312 g/mol. The molecule has 0 spiro atoms. The van der Waals surface area contributed by atoms with Crippen LogP contribution in [-0.2, 0) is 16.6 Å². The summed E-state index contributed by atoms with van der Waals surface area (Å²) in [7, 11) is -2.27. The van der Waals surface area contributed by atoms with E-state index in [0.29, 0.717) is 11.3 Å². The third-order valence-corrected chi connectivity index (χ3v) is 4.38. The molecule has 7 heteroatoms. The van der Waals surface area contributed by atoms with Gasteiger partial charge in [0.05, 0.1) is 5.69 Å². The van der Waals surface area contributed by atoms with Crippen LogP contribution >= 0.6 is 0 Å². The first-order chi connectivity index (χ1) is 9.94. The Morgan fingerprint density at radius 3 is 2.43 bits per heavy atom. The summed E-state index contributed by atoms with van der Waals surface area (Å²) >= 11 is 0. The van der Waals surface area contributed by atoms with Gasteiger partial charge in [0.2, 0.25) is 10.0 Å². The molecule has 0 fully saturated rings. The Hall–Kier alpha value is -1.99. The average molecular weight is 312 g/mol. The van der Waals surface area contributed by atoms with Crippen molar-refractivity contribution in [3.8, 4) is 0 Å². The van der Waals surface area contributed by atoms with Crippen LogP contribution in [0.2, 0.25) is 0 Å². The van der Waals surface area contributed by atoms with E-state index in [1.54, 1.807) is 18.2 Å². The number of benzene rings is 2. The van der Waals surface area contributed by atoms with Crippen molar-refractivity contribution in [2.24, 2.45) is 0 Å². The molecule has 2 aromatic carbocycles. The number of para-hydroxylation sites is 1. The molecule has 2 N–H and O–H groups in total. The first kappa shape index (κ1) is 15.4. The van der Waals surface area contributed by atoms with Gasteiger partial charge in [0.25, 0.3) is 0 Å². The molecule has 0 saturated carbocycles. The maximum atomic E-state index is 13.1. The lowest BCUT2D eigenvalue weighted by Crippen LogP contribution is -2.20. The molecule has 0 heterocycles. The highest BCUT2D eigenvalue weighted by Gasteiger charge is 2.15. The van der Waals surface area contributed by atoms with Crippen LogP contribution in [0.15, 0.2) is 47.4 Å². The van der Waals surface area contributed by atoms with E-state index in [0.717, 1.165) is 12.1 Å². The quantitative estimate of drug-likeness (QED) is 0.892. The van der Waals surface area contributed by atoms with Gasteiger partial charge >= 0.3 is 0 Å². The molecule has 0 unspecified atom stereocenters. The summed E-state index contributed by atoms with van der Waals surface area (Å²) in [4.78, 5) is 0.0927. The largest absolute Gasteiger partial charge is 0.380 e. The molecule has 2 rings (SSSR count). The van der Waals surface area contributed by atoms with Gasteiger partial charge in [-0.15, -0.1) is 0 Å². The third kappa shape index (κ3) is 3.56. The van der Waals surface area contributed by atoms with Gasteiger partial charge in [-0.3, -0.25) is 0 Å². The van der Waals surface area contributed by atoms with Crippen LogP contribution < -0.4 is 10.0 Å². The number of hydrogen-bond donors (Lipinski definition) is 2. The van der Waals surface area contributed by atoms with Crippen molar-refractivity contribution < 1.29 is 17.2 Å². The Kier molecular flexibility index (Phi) is 4.54. The molecule has 21 heavy (non-hydrogen) atoms. The maximum Gasteiger partial charge on any atom is 0.242 e. The Balaban J connectivity index is 2.23. The molecule has 0 bridgehead atoms. The van der Waals surface area contributed by atoms with E-state index in [4.69, 9.17) is 0 Å². The average Bonchev–Trinajstić information content (AvgIpc) is 2.49. The molecular weight excluding hydrogens is 298 g/mol. The lowest BCUT2D eigenvalue weighted by Gasteiger charge is -2.12. The summed E-state index contributed by atoms with van der Waals surface area (Å²) < 4.78 is 51.9. The fourth-order valence-electron chi connectivity index (χ4n) is 1.80. The zero-order valence-corrected chi connectivity index (χ0v) is 12.0. The van der Waals surface area contributed by atoms with Crippen LogP contribution in [0.25, 0.3) is 0 Å². The number of sulfonamides is 1. The zero-order chi connectivity index (χ0) is 15.5. The van der Waals surface area contributed by atoms with Gasteiger partial charge in [0, 0.05) is 6.54 Å². The highest BCUT2D eigenvalue weighted by Crippen LogP contribution is 2.21. The topological polar surface area (TPSA) is 58.2 Å². The van der Waals surface area contributed by atoms with Crippen LogP contribution in [0, 0.1) is 11.6 Å². The minimum atomic E-state index is -3.59. The normalized spacial score (nSPS) is 11.4. The van der Waals surface area contributed by atoms with Gasteiger partial charge in [0.15, 0.2) is 11.6 Å². The van der Waals surface area contributed by atoms with Crippen LogP contribution in [-0.4, -0.2) is 15.5 Å². The summed E-state index contributed by atoms with van der Waals surface area (Å²) in [6, 6.07) is 9.87. The van der Waals surface area contributed by atoms with E-state index < -0.39 is 21.7 Å². The number of anilines is 1. The zero-order valence-electron chi connectivity index (χ0n) is 11.2. The summed E-state index contributed by atoms with van der Waals surface area (Å²) in [5, 5.41) is 2.91. The van der Waals surface area contributed by atoms with Gasteiger partial charge in [0.1, 0.15) is 4.90 Å². The van der Waals surface area contributed by atoms with E-state index in [1.165, 1.54) is 19.2 Å². The van der Waals surface area contributed by atoms with Crippen LogP contribution in [0.4, 0.5) is 14.5 Å². The highest BCUT2D eigenvalue weighted by atomic mass is 32.2. The molecule has 4 nitrogen and oxygen atoms in total. The van der Waals surface area contributed by atoms with Crippen molar-refractivity contribution in [1.29, 1.82) is 0 Å². The lowest BCUT2D eigenvalue weighted by molar-refractivity contribution is 0.507. The van der Waals surface area contributed by atoms with Gasteiger partial charge in [-0.05, 0) is 36.9 Å². The van der Waals surface area contributed by atoms with E-state index in [-0.39, 0.29) is 11.4 Å². The summed E-state index contributed by atoms with van der Waals surface area (Å²) in [6.07, 6.45) is 0. The molecule has 0 saturated heterocycles. The molecule has 0 amide bonds. The van der Waals surface area contributed by atoms with Gasteiger partial charge in [-0.25, -0.2) is 21.9 Å². The molecule has 0 aliphatic heterocycles. The number of nitrogens with one attached hydrogen (secondary N) is 2. The Morgan fingerprint density at radius 2 is 1.76 bits per heavy atom. The van der Waals surface area contributed by atoms with Crippen molar-refractivity contribution in [1.82, 2.24) is 4.72 Å². The summed E-state index contributed by atoms with van der Waals surface area (Å²) in [5.74, 6) is -1.86. The first-order valence-electron chi connectivity index (χ1n) is 6.14. The van der Waals surface area contributed by atoms with Crippen LogP contribution in [0.1, 0.15) is 5.56 Å². The standard InChI is InChI=1S/C14H14F2N2O2S/c1-17-21(19,20)14-5-3-2-4-13(14)18-9-10-6-7-11(15)12(16)8-10/h2-8,17-18H,9H2,1H3. The lowest BCUT2D eigenvalue weighted by atomic mass is 10.2. The van der Waals surface area contributed by atoms with Crippen molar-refractivity contribution >= 4 is 15.7 Å². The molecule has 2 aromatic rings. The number of hydrogen-bond acceptors (Lipinski definition) is 3. The van der Waals surface area contributed by atoms with E-state index in [2.05, 4.69) is 10.0 Å². The molecule has 0 aliphatic rings. The minimum absolute atomic E-state index is 0.0927. The first-order valence-corrected chi connectivity index (χ1v) is 7.63. The fourth-order valence-corrected chi connectivity index (χ4v) is 2.71. The Labute approximate surface area is 121 Å². The van der Waals surface area contributed by atoms with Gasteiger partial charge in [-0.2, -0.15) is 0 Å². The predicted molar refractivity (Wildman–Crippen MR) is 76.4 cm³/mol. The third-order valence-electron chi connectivity index (χ3n) is 2.91. The second-order valence-corrected chi connectivity index (χ2v) is 6.16. The summed E-state index contributed by atoms with van der Waals surface area (Å²) in [6.45, 7) is 0.174. The van der Waals surface area contributed by atoms with Crippen molar-refractivity contribution in [2.75, 3.05) is 12.4 Å². The SMILES string of the molecule is CNS(=O)(=O)c1ccccc1NCc1ccc(F)c(F)c1. The van der Waals surface area contributed by atoms with Gasteiger partial charge < -0.3 is 5.32 Å². The Morgan fingerprint density at radius 1 is 1.05 bits per heavy atom. The number of halogens is 2. The van der Waals surface area contributed by atoms with E-state index in [9.17, 15) is 17.2 Å². The van der Waals surface area contributed by atoms with Gasteiger partial charge in [-0.1, -0.05) is 18.2 Å². The Bertz CT molecular complexity index is 748. The second kappa shape index (κ2) is 6.19. The minimum Gasteiger partial charge on any atom is -0.380 e. The molecular formula is C14H14F2N2O2S. The molecule has 112 valence electrons. The van der Waals surface area contributed by atoms with E-state index >= 15 is 0 Å². The van der Waals surface area contributed by atoms with Crippen molar-refractivity contribution in [3.63, 3.8) is 0 Å². The predicted octanol–water partition coefficient (Wildman–Crippen LogP) is 2.49. The fraction of sp³-hybridized carbons (Fsp3) is 0.143. The highest BCUT2D eigenvalue weighted by molar-refractivity contribution is 7.89. The van der Waals surface area contributed by atoms with Crippen LogP contribution in [0.3, 0.4) is 0 Å². The van der Waals surface area contributed by atoms with Crippen LogP contribution in [0.5, 0.6) is 0 Å². The van der Waals surface area contributed by atoms with Crippen molar-refractivity contribution in [3.05, 3.63) is 59.7 Å². The van der Waals surface area contributed by atoms with Crippen molar-refractivity contribution in [2.45, 2.75) is 11.4 Å². The smallest absolute Gasteiger partial charge is 0.242 e. The molecule has 0 aromatic heterocycles. The molecule has 0 radical (unpaired) electrons. The number of rotatable bonds is 5. The van der Waals surface area contributed by atoms with E-state index in [1.807, 2.05) is 0 Å². The molecule has 0 aliphatic carbocycles. The summed E-state index contributed by atoms with van der Waals surface area (Å²) in [5.41, 5.74) is 0.891. The second-order valence-electron chi connectivity index (χ2n) is 4.31.